The van der Waals surface area contributed by atoms with E-state index in [1.807, 2.05) is 0 Å². The molecule has 1 aromatic heterocycles. The van der Waals surface area contributed by atoms with Gasteiger partial charge < -0.3 is 14.9 Å². The van der Waals surface area contributed by atoms with E-state index in [0.29, 0.717) is 0 Å². The van der Waals surface area contributed by atoms with Crippen molar-refractivity contribution in [3.8, 4) is 0 Å². The first-order chi connectivity index (χ1) is 7.97. The van der Waals surface area contributed by atoms with Crippen LogP contribution in [-0.4, -0.2) is 39.3 Å². The number of nitro groups is 1. The van der Waals surface area contributed by atoms with E-state index in [-0.39, 0.29) is 11.4 Å². The average molecular weight is 242 g/mol. The maximum Gasteiger partial charge on any atom is 0.337 e. The topological polar surface area (TPSA) is 123 Å². The van der Waals surface area contributed by atoms with Crippen LogP contribution < -0.4 is 0 Å². The molecule has 0 aliphatic carbocycles. The Labute approximate surface area is 95.6 Å². The molecule has 0 spiro atoms. The van der Waals surface area contributed by atoms with E-state index in [4.69, 9.17) is 0 Å². The first kappa shape index (κ1) is 13.0. The van der Waals surface area contributed by atoms with E-state index in [0.717, 1.165) is 25.4 Å². The Balaban J connectivity index is 2.96. The lowest BCUT2D eigenvalue weighted by molar-refractivity contribution is -0.385. The molecule has 0 saturated carbocycles. The number of carbonyl (C=O) groups is 1. The Morgan fingerprint density at radius 1 is 1.59 bits per heavy atom. The van der Waals surface area contributed by atoms with Crippen LogP contribution >= 0.6 is 0 Å². The highest BCUT2D eigenvalue weighted by Gasteiger charge is 2.28. The first-order valence-corrected chi connectivity index (χ1v) is 4.51. The van der Waals surface area contributed by atoms with E-state index in [2.05, 4.69) is 9.72 Å². The zero-order chi connectivity index (χ0) is 13.0. The third kappa shape index (κ3) is 2.95. The van der Waals surface area contributed by atoms with Crippen molar-refractivity contribution in [3.63, 3.8) is 0 Å². The number of pyridine rings is 1. The first-order valence-electron chi connectivity index (χ1n) is 4.51. The normalized spacial score (nSPS) is 13.8. The Morgan fingerprint density at radius 3 is 2.76 bits per heavy atom. The summed E-state index contributed by atoms with van der Waals surface area (Å²) in [5.74, 6) is -1.05. The van der Waals surface area contributed by atoms with Gasteiger partial charge in [-0.1, -0.05) is 0 Å². The Bertz CT molecular complexity index is 435. The van der Waals surface area contributed by atoms with Crippen LogP contribution in [0.3, 0.4) is 0 Å². The van der Waals surface area contributed by atoms with Crippen molar-refractivity contribution in [1.29, 1.82) is 0 Å². The smallest absolute Gasteiger partial charge is 0.337 e. The molecule has 0 aliphatic rings. The third-order valence-electron chi connectivity index (χ3n) is 2.02. The van der Waals surface area contributed by atoms with Crippen molar-refractivity contribution in [2.45, 2.75) is 12.2 Å². The predicted molar refractivity (Wildman–Crippen MR) is 53.9 cm³/mol. The van der Waals surface area contributed by atoms with Crippen LogP contribution in [-0.2, 0) is 9.53 Å². The molecule has 1 rings (SSSR count). The molecule has 2 atom stereocenters. The second kappa shape index (κ2) is 5.32. The van der Waals surface area contributed by atoms with E-state index in [1.54, 1.807) is 0 Å². The monoisotopic (exact) mass is 242 g/mol. The number of methoxy groups -OCH3 is 1. The van der Waals surface area contributed by atoms with Crippen LogP contribution in [0.4, 0.5) is 5.69 Å². The molecule has 8 nitrogen and oxygen atoms in total. The highest BCUT2D eigenvalue weighted by atomic mass is 16.6. The lowest BCUT2D eigenvalue weighted by Gasteiger charge is -2.14. The van der Waals surface area contributed by atoms with E-state index in [9.17, 15) is 25.1 Å². The Kier molecular flexibility index (Phi) is 4.07. The Hall–Kier alpha value is -2.06. The van der Waals surface area contributed by atoms with Crippen molar-refractivity contribution in [2.24, 2.45) is 0 Å². The predicted octanol–water partition coefficient (Wildman–Crippen LogP) is -0.443. The molecular formula is C9H10N2O6. The fraction of sp³-hybridized carbons (Fsp3) is 0.333. The van der Waals surface area contributed by atoms with Crippen molar-refractivity contribution in [1.82, 2.24) is 4.98 Å². The van der Waals surface area contributed by atoms with Gasteiger partial charge in [-0.15, -0.1) is 0 Å². The van der Waals surface area contributed by atoms with E-state index in [1.165, 1.54) is 0 Å². The molecule has 0 aliphatic heterocycles. The van der Waals surface area contributed by atoms with Crippen LogP contribution in [0.25, 0.3) is 0 Å². The fourth-order valence-electron chi connectivity index (χ4n) is 1.12. The zero-order valence-corrected chi connectivity index (χ0v) is 8.81. The SMILES string of the molecule is COC(=O)C(O)C(O)c1cc([N+](=O)[O-])ccn1. The molecule has 1 aromatic rings. The molecule has 0 amide bonds. The molecule has 0 bridgehead atoms. The van der Waals surface area contributed by atoms with Gasteiger partial charge in [0.15, 0.2) is 6.10 Å². The minimum absolute atomic E-state index is 0.183. The summed E-state index contributed by atoms with van der Waals surface area (Å²) < 4.78 is 4.22. The van der Waals surface area contributed by atoms with Crippen molar-refractivity contribution in [2.75, 3.05) is 7.11 Å². The van der Waals surface area contributed by atoms with E-state index < -0.39 is 23.1 Å². The van der Waals surface area contributed by atoms with Crippen molar-refractivity contribution >= 4 is 11.7 Å². The van der Waals surface area contributed by atoms with Gasteiger partial charge >= 0.3 is 5.97 Å². The van der Waals surface area contributed by atoms with E-state index >= 15 is 0 Å². The van der Waals surface area contributed by atoms with Crippen LogP contribution in [0.15, 0.2) is 18.3 Å². The van der Waals surface area contributed by atoms with Gasteiger partial charge in [0.2, 0.25) is 0 Å². The van der Waals surface area contributed by atoms with Gasteiger partial charge in [0.05, 0.1) is 17.7 Å². The van der Waals surface area contributed by atoms with Crippen molar-refractivity contribution < 1.29 is 24.7 Å². The van der Waals surface area contributed by atoms with Crippen LogP contribution in [0, 0.1) is 10.1 Å². The quantitative estimate of drug-likeness (QED) is 0.416. The minimum atomic E-state index is -1.84. The van der Waals surface area contributed by atoms with Gasteiger partial charge in [0.25, 0.3) is 5.69 Å². The maximum absolute atomic E-state index is 11.0. The number of esters is 1. The molecule has 1 heterocycles. The molecule has 0 radical (unpaired) electrons. The lowest BCUT2D eigenvalue weighted by Crippen LogP contribution is -2.29. The highest BCUT2D eigenvalue weighted by molar-refractivity contribution is 5.75. The molecule has 0 saturated heterocycles. The van der Waals surface area contributed by atoms with Crippen LogP contribution in [0.1, 0.15) is 11.8 Å². The summed E-state index contributed by atoms with van der Waals surface area (Å²) in [6, 6.07) is 2.09. The Morgan fingerprint density at radius 2 is 2.24 bits per heavy atom. The van der Waals surface area contributed by atoms with Gasteiger partial charge in [-0.05, 0) is 0 Å². The zero-order valence-electron chi connectivity index (χ0n) is 8.81. The van der Waals surface area contributed by atoms with Crippen LogP contribution in [0.5, 0.6) is 0 Å². The summed E-state index contributed by atoms with van der Waals surface area (Å²) in [6.45, 7) is 0. The second-order valence-electron chi connectivity index (χ2n) is 3.11. The largest absolute Gasteiger partial charge is 0.467 e. The molecule has 2 N–H and O–H groups in total. The van der Waals surface area contributed by atoms with Crippen molar-refractivity contribution in [3.05, 3.63) is 34.1 Å². The number of aliphatic hydroxyl groups is 2. The molecule has 8 heteroatoms. The number of aromatic nitrogens is 1. The summed E-state index contributed by atoms with van der Waals surface area (Å²) in [7, 11) is 1.04. The summed E-state index contributed by atoms with van der Waals surface area (Å²) in [4.78, 5) is 24.4. The summed E-state index contributed by atoms with van der Waals surface area (Å²) in [5, 5.41) is 29.4. The molecule has 2 unspecified atom stereocenters. The number of aliphatic hydroxyl groups excluding tert-OH is 2. The number of hydrogen-bond donors (Lipinski definition) is 2. The summed E-state index contributed by atoms with van der Waals surface area (Å²) in [6.07, 6.45) is -2.42. The molecule has 0 aromatic carbocycles. The lowest BCUT2D eigenvalue weighted by atomic mass is 10.1. The van der Waals surface area contributed by atoms with Gasteiger partial charge in [0, 0.05) is 18.3 Å². The fourth-order valence-corrected chi connectivity index (χ4v) is 1.12. The molecule has 17 heavy (non-hydrogen) atoms. The highest BCUT2D eigenvalue weighted by Crippen LogP contribution is 2.19. The summed E-state index contributed by atoms with van der Waals surface area (Å²) in [5.41, 5.74) is -0.483. The number of nitrogens with zero attached hydrogens (tertiary/aromatic N) is 2. The average Bonchev–Trinajstić information content (AvgIpc) is 2.36. The molecular weight excluding hydrogens is 232 g/mol. The van der Waals surface area contributed by atoms with Gasteiger partial charge in [-0.3, -0.25) is 15.1 Å². The number of carbonyl (C=O) groups excluding carboxylic acids is 1. The van der Waals surface area contributed by atoms with Gasteiger partial charge in [0.1, 0.15) is 6.10 Å². The second-order valence-corrected chi connectivity index (χ2v) is 3.11. The van der Waals surface area contributed by atoms with Crippen LogP contribution in [0.2, 0.25) is 0 Å². The van der Waals surface area contributed by atoms with Gasteiger partial charge in [-0.25, -0.2) is 4.79 Å². The molecule has 92 valence electrons. The number of ether oxygens (including phenoxy) is 1. The van der Waals surface area contributed by atoms with Gasteiger partial charge in [-0.2, -0.15) is 0 Å². The molecule has 0 fully saturated rings. The summed E-state index contributed by atoms with van der Waals surface area (Å²) >= 11 is 0. The third-order valence-corrected chi connectivity index (χ3v) is 2.02. The standard InChI is InChI=1S/C9H10N2O6/c1-17-9(14)8(13)7(12)6-4-5(11(15)16)2-3-10-6/h2-4,7-8,12-13H,1H3. The maximum atomic E-state index is 11.0. The number of rotatable bonds is 4. The minimum Gasteiger partial charge on any atom is -0.467 e. The number of hydrogen-bond acceptors (Lipinski definition) is 7.